The molecule has 26 heavy (non-hydrogen) atoms. The van der Waals surface area contributed by atoms with Gasteiger partial charge in [-0.3, -0.25) is 9.59 Å². The van der Waals surface area contributed by atoms with E-state index in [9.17, 15) is 9.59 Å². The highest BCUT2D eigenvalue weighted by molar-refractivity contribution is 7.20. The molecule has 0 radical (unpaired) electrons. The average Bonchev–Trinajstić information content (AvgIpc) is 2.93. The Bertz CT molecular complexity index is 1020. The third kappa shape index (κ3) is 3.95. The zero-order valence-electron chi connectivity index (χ0n) is 14.3. The molecule has 0 unspecified atom stereocenters. The summed E-state index contributed by atoms with van der Waals surface area (Å²) in [6.45, 7) is 3.29. The van der Waals surface area contributed by atoms with Crippen LogP contribution in [0.15, 0.2) is 48.5 Å². The molecule has 0 saturated heterocycles. The summed E-state index contributed by atoms with van der Waals surface area (Å²) >= 11 is 7.92. The molecule has 132 valence electrons. The van der Waals surface area contributed by atoms with E-state index < -0.39 is 0 Å². The second-order valence-corrected chi connectivity index (χ2v) is 7.22. The van der Waals surface area contributed by atoms with E-state index in [-0.39, 0.29) is 11.8 Å². The van der Waals surface area contributed by atoms with Crippen molar-refractivity contribution in [1.82, 2.24) is 0 Å². The van der Waals surface area contributed by atoms with Crippen LogP contribution < -0.4 is 10.6 Å². The van der Waals surface area contributed by atoms with Crippen LogP contribution in [0, 0.1) is 6.92 Å². The number of halogens is 1. The minimum Gasteiger partial charge on any atom is -0.326 e. The maximum atomic E-state index is 12.3. The Balaban J connectivity index is 1.77. The number of hydrogen-bond acceptors (Lipinski definition) is 3. The molecule has 0 aliphatic carbocycles. The fourth-order valence-electron chi connectivity index (χ4n) is 2.56. The summed E-state index contributed by atoms with van der Waals surface area (Å²) in [6.07, 6.45) is 3.18. The van der Waals surface area contributed by atoms with Gasteiger partial charge < -0.3 is 10.6 Å². The summed E-state index contributed by atoms with van der Waals surface area (Å²) in [7, 11) is 0. The van der Waals surface area contributed by atoms with Crippen molar-refractivity contribution in [2.75, 3.05) is 10.6 Å². The predicted octanol–water partition coefficient (Wildman–Crippen LogP) is 5.47. The Morgan fingerprint density at radius 1 is 1.04 bits per heavy atom. The van der Waals surface area contributed by atoms with Crippen molar-refractivity contribution in [3.8, 4) is 0 Å². The molecular weight excluding hydrogens is 368 g/mol. The van der Waals surface area contributed by atoms with Crippen LogP contribution in [-0.2, 0) is 9.59 Å². The van der Waals surface area contributed by atoms with E-state index in [0.29, 0.717) is 16.4 Å². The molecule has 2 amide bonds. The predicted molar refractivity (Wildman–Crippen MR) is 110 cm³/mol. The normalized spacial score (nSPS) is 11.0. The maximum Gasteiger partial charge on any atom is 0.248 e. The van der Waals surface area contributed by atoms with Gasteiger partial charge in [0, 0.05) is 39.3 Å². The zero-order valence-corrected chi connectivity index (χ0v) is 15.9. The van der Waals surface area contributed by atoms with E-state index in [1.165, 1.54) is 24.3 Å². The van der Waals surface area contributed by atoms with Gasteiger partial charge >= 0.3 is 0 Å². The molecule has 6 heteroatoms. The van der Waals surface area contributed by atoms with E-state index >= 15 is 0 Å². The molecule has 1 aromatic heterocycles. The van der Waals surface area contributed by atoms with Crippen molar-refractivity contribution in [3.05, 3.63) is 64.0 Å². The van der Waals surface area contributed by atoms with Crippen molar-refractivity contribution in [3.63, 3.8) is 0 Å². The van der Waals surface area contributed by atoms with E-state index in [2.05, 4.69) is 10.6 Å². The van der Waals surface area contributed by atoms with Crippen LogP contribution in [0.2, 0.25) is 5.02 Å². The number of nitrogens with one attached hydrogen (secondary N) is 2. The molecule has 0 spiro atoms. The number of benzene rings is 2. The van der Waals surface area contributed by atoms with E-state index in [0.717, 1.165) is 20.5 Å². The Hall–Kier alpha value is -2.63. The number of fused-ring (bicyclic) bond motifs is 1. The third-order valence-electron chi connectivity index (χ3n) is 3.85. The lowest BCUT2D eigenvalue weighted by atomic mass is 10.1. The first kappa shape index (κ1) is 18.2. The van der Waals surface area contributed by atoms with Crippen LogP contribution in [0.5, 0.6) is 0 Å². The van der Waals surface area contributed by atoms with Crippen molar-refractivity contribution in [2.45, 2.75) is 13.8 Å². The molecule has 0 fully saturated rings. The fraction of sp³-hybridized carbons (Fsp3) is 0.100. The van der Waals surface area contributed by atoms with Crippen LogP contribution >= 0.6 is 22.9 Å². The first-order valence-corrected chi connectivity index (χ1v) is 9.18. The number of amides is 2. The second kappa shape index (κ2) is 7.72. The highest BCUT2D eigenvalue weighted by Crippen LogP contribution is 2.35. The summed E-state index contributed by atoms with van der Waals surface area (Å²) in [6, 6.07) is 13.2. The summed E-state index contributed by atoms with van der Waals surface area (Å²) in [4.78, 5) is 24.4. The molecular formula is C20H17ClN2O2S. The Labute approximate surface area is 160 Å². The first-order valence-electron chi connectivity index (χ1n) is 7.99. The summed E-state index contributed by atoms with van der Waals surface area (Å²) in [5, 5.41) is 7.21. The van der Waals surface area contributed by atoms with Crippen molar-refractivity contribution < 1.29 is 9.59 Å². The van der Waals surface area contributed by atoms with Crippen molar-refractivity contribution in [2.24, 2.45) is 0 Å². The van der Waals surface area contributed by atoms with E-state index in [4.69, 9.17) is 11.6 Å². The quantitative estimate of drug-likeness (QED) is 0.585. The standard InChI is InChI=1S/C20H17ClN2O2S/c1-12-15(22-13(2)24)7-5-8-16(12)23-19(25)11-10-18-20(21)14-6-3-4-9-17(14)26-18/h3-11H,1-2H3,(H,22,24)(H,23,25)/b11-10+. The number of carbonyl (C=O) groups is 2. The Morgan fingerprint density at radius 3 is 2.42 bits per heavy atom. The van der Waals surface area contributed by atoms with Crippen molar-refractivity contribution >= 4 is 62.3 Å². The molecule has 0 bridgehead atoms. The molecule has 0 aliphatic rings. The van der Waals surface area contributed by atoms with Crippen molar-refractivity contribution in [1.29, 1.82) is 0 Å². The molecule has 4 nitrogen and oxygen atoms in total. The van der Waals surface area contributed by atoms with Gasteiger partial charge in [-0.2, -0.15) is 0 Å². The molecule has 1 heterocycles. The van der Waals surface area contributed by atoms with Gasteiger partial charge in [-0.05, 0) is 36.8 Å². The molecule has 3 rings (SSSR count). The summed E-state index contributed by atoms with van der Waals surface area (Å²) in [5.41, 5.74) is 2.12. The minimum atomic E-state index is -0.262. The third-order valence-corrected chi connectivity index (χ3v) is 5.50. The van der Waals surface area contributed by atoms with Gasteiger partial charge in [0.05, 0.1) is 5.02 Å². The van der Waals surface area contributed by atoms with Crippen LogP contribution in [0.25, 0.3) is 16.2 Å². The van der Waals surface area contributed by atoms with Crippen LogP contribution in [-0.4, -0.2) is 11.8 Å². The lowest BCUT2D eigenvalue weighted by Gasteiger charge is -2.11. The van der Waals surface area contributed by atoms with Gasteiger partial charge in [0.2, 0.25) is 11.8 Å². The molecule has 0 saturated carbocycles. The van der Waals surface area contributed by atoms with Crippen LogP contribution in [0.4, 0.5) is 11.4 Å². The van der Waals surface area contributed by atoms with Crippen LogP contribution in [0.1, 0.15) is 17.4 Å². The smallest absolute Gasteiger partial charge is 0.248 e. The number of hydrogen-bond donors (Lipinski definition) is 2. The fourth-order valence-corrected chi connectivity index (χ4v) is 3.96. The second-order valence-electron chi connectivity index (χ2n) is 5.76. The molecule has 0 atom stereocenters. The topological polar surface area (TPSA) is 58.2 Å². The van der Waals surface area contributed by atoms with Crippen LogP contribution in [0.3, 0.4) is 0 Å². The number of carbonyl (C=O) groups excluding carboxylic acids is 2. The van der Waals surface area contributed by atoms with Gasteiger partial charge in [0.25, 0.3) is 0 Å². The molecule has 2 aromatic carbocycles. The van der Waals surface area contributed by atoms with Gasteiger partial charge in [-0.15, -0.1) is 11.3 Å². The largest absolute Gasteiger partial charge is 0.326 e. The SMILES string of the molecule is CC(=O)Nc1cccc(NC(=O)/C=C/c2sc3ccccc3c2Cl)c1C. The summed E-state index contributed by atoms with van der Waals surface area (Å²) < 4.78 is 1.08. The lowest BCUT2D eigenvalue weighted by Crippen LogP contribution is -2.11. The summed E-state index contributed by atoms with van der Waals surface area (Å²) in [5.74, 6) is -0.419. The monoisotopic (exact) mass is 384 g/mol. The van der Waals surface area contributed by atoms with Gasteiger partial charge in [0.1, 0.15) is 0 Å². The molecule has 3 aromatic rings. The lowest BCUT2D eigenvalue weighted by molar-refractivity contribution is -0.114. The number of anilines is 2. The zero-order chi connectivity index (χ0) is 18.7. The number of thiophene rings is 1. The van der Waals surface area contributed by atoms with Gasteiger partial charge in [0.15, 0.2) is 0 Å². The first-order chi connectivity index (χ1) is 12.5. The van der Waals surface area contributed by atoms with E-state index in [1.54, 1.807) is 24.3 Å². The van der Waals surface area contributed by atoms with Gasteiger partial charge in [-0.25, -0.2) is 0 Å². The Morgan fingerprint density at radius 2 is 1.73 bits per heavy atom. The Kier molecular flexibility index (Phi) is 5.40. The maximum absolute atomic E-state index is 12.3. The highest BCUT2D eigenvalue weighted by Gasteiger charge is 2.09. The molecule has 2 N–H and O–H groups in total. The number of rotatable bonds is 4. The minimum absolute atomic E-state index is 0.157. The molecule has 0 aliphatic heterocycles. The highest BCUT2D eigenvalue weighted by atomic mass is 35.5. The van der Waals surface area contributed by atoms with E-state index in [1.807, 2.05) is 31.2 Å². The van der Waals surface area contributed by atoms with Gasteiger partial charge in [-0.1, -0.05) is 35.9 Å². The average molecular weight is 385 g/mol.